The van der Waals surface area contributed by atoms with E-state index in [9.17, 15) is 9.18 Å². The summed E-state index contributed by atoms with van der Waals surface area (Å²) in [5.41, 5.74) is 1.09. The van der Waals surface area contributed by atoms with Crippen LogP contribution in [0.5, 0.6) is 0 Å². The van der Waals surface area contributed by atoms with Gasteiger partial charge in [-0.15, -0.1) is 0 Å². The lowest BCUT2D eigenvalue weighted by molar-refractivity contribution is -0.134. The standard InChI is InChI=1S/C18H20FN3O/c1-13-7-9-20-17(21-13)18(2)8-4-10-22(18)16(23)12-14-5-3-6-15(19)11-14/h3,5-7,9,11H,4,8,10,12H2,1-2H3. The number of benzene rings is 1. The number of halogens is 1. The van der Waals surface area contributed by atoms with Crippen molar-refractivity contribution >= 4 is 5.91 Å². The first-order valence-electron chi connectivity index (χ1n) is 7.84. The molecular formula is C18H20FN3O. The van der Waals surface area contributed by atoms with Crippen LogP contribution in [0.4, 0.5) is 4.39 Å². The minimum atomic E-state index is -0.490. The van der Waals surface area contributed by atoms with Crippen LogP contribution < -0.4 is 0 Å². The smallest absolute Gasteiger partial charge is 0.227 e. The van der Waals surface area contributed by atoms with Crippen LogP contribution in [-0.4, -0.2) is 27.3 Å². The number of aryl methyl sites for hydroxylation is 1. The van der Waals surface area contributed by atoms with Gasteiger partial charge in [-0.1, -0.05) is 12.1 Å². The quantitative estimate of drug-likeness (QED) is 0.875. The van der Waals surface area contributed by atoms with Crippen molar-refractivity contribution in [2.24, 2.45) is 0 Å². The molecule has 0 bridgehead atoms. The SMILES string of the molecule is Cc1ccnc(C2(C)CCCN2C(=O)Cc2cccc(F)c2)n1. The lowest BCUT2D eigenvalue weighted by Gasteiger charge is -2.34. The van der Waals surface area contributed by atoms with E-state index in [-0.39, 0.29) is 18.1 Å². The molecule has 1 amide bonds. The molecule has 1 atom stereocenters. The van der Waals surface area contributed by atoms with E-state index < -0.39 is 5.54 Å². The Morgan fingerprint density at radius 1 is 1.39 bits per heavy atom. The number of aromatic nitrogens is 2. The number of hydrogen-bond donors (Lipinski definition) is 0. The van der Waals surface area contributed by atoms with Gasteiger partial charge in [-0.25, -0.2) is 14.4 Å². The minimum Gasteiger partial charge on any atom is -0.330 e. The Hall–Kier alpha value is -2.30. The molecule has 1 aromatic heterocycles. The summed E-state index contributed by atoms with van der Waals surface area (Å²) in [4.78, 5) is 23.5. The van der Waals surface area contributed by atoms with Gasteiger partial charge in [0.2, 0.25) is 5.91 Å². The second-order valence-corrected chi connectivity index (χ2v) is 6.25. The van der Waals surface area contributed by atoms with Gasteiger partial charge >= 0.3 is 0 Å². The highest BCUT2D eigenvalue weighted by atomic mass is 19.1. The summed E-state index contributed by atoms with van der Waals surface area (Å²) in [6, 6.07) is 8.05. The third-order valence-corrected chi connectivity index (χ3v) is 4.46. The molecule has 1 aliphatic heterocycles. The Morgan fingerprint density at radius 3 is 2.96 bits per heavy atom. The molecule has 5 heteroatoms. The Labute approximate surface area is 135 Å². The molecule has 1 unspecified atom stereocenters. The van der Waals surface area contributed by atoms with Crippen LogP contribution in [0, 0.1) is 12.7 Å². The molecule has 2 aromatic rings. The van der Waals surface area contributed by atoms with Crippen LogP contribution >= 0.6 is 0 Å². The van der Waals surface area contributed by atoms with E-state index in [1.165, 1.54) is 12.1 Å². The molecule has 1 aromatic carbocycles. The number of carbonyl (C=O) groups excluding carboxylic acids is 1. The number of hydrogen-bond acceptors (Lipinski definition) is 3. The summed E-state index contributed by atoms with van der Waals surface area (Å²) in [6.45, 7) is 4.61. The predicted octanol–water partition coefficient (Wildman–Crippen LogP) is 3.00. The molecule has 3 rings (SSSR count). The van der Waals surface area contributed by atoms with Crippen molar-refractivity contribution in [2.75, 3.05) is 6.54 Å². The van der Waals surface area contributed by atoms with Gasteiger partial charge in [0.15, 0.2) is 5.82 Å². The maximum Gasteiger partial charge on any atom is 0.227 e. The van der Waals surface area contributed by atoms with Crippen molar-refractivity contribution < 1.29 is 9.18 Å². The van der Waals surface area contributed by atoms with Crippen molar-refractivity contribution in [3.63, 3.8) is 0 Å². The van der Waals surface area contributed by atoms with Gasteiger partial charge in [0, 0.05) is 18.4 Å². The van der Waals surface area contributed by atoms with Crippen LogP contribution in [0.25, 0.3) is 0 Å². The van der Waals surface area contributed by atoms with Crippen molar-refractivity contribution in [3.8, 4) is 0 Å². The Bertz CT molecular complexity index is 734. The summed E-state index contributed by atoms with van der Waals surface area (Å²) in [7, 11) is 0. The van der Waals surface area contributed by atoms with E-state index in [0.717, 1.165) is 18.5 Å². The predicted molar refractivity (Wildman–Crippen MR) is 85.2 cm³/mol. The van der Waals surface area contributed by atoms with Gasteiger partial charge in [0.25, 0.3) is 0 Å². The topological polar surface area (TPSA) is 46.1 Å². The lowest BCUT2D eigenvalue weighted by atomic mass is 9.96. The normalized spacial score (nSPS) is 20.7. The van der Waals surface area contributed by atoms with Crippen LogP contribution in [0.3, 0.4) is 0 Å². The molecule has 0 spiro atoms. The van der Waals surface area contributed by atoms with Crippen LogP contribution in [-0.2, 0) is 16.8 Å². The second-order valence-electron chi connectivity index (χ2n) is 6.25. The molecular weight excluding hydrogens is 293 g/mol. The van der Waals surface area contributed by atoms with E-state index in [0.29, 0.717) is 17.9 Å². The second kappa shape index (κ2) is 6.07. The zero-order chi connectivity index (χ0) is 16.4. The first kappa shape index (κ1) is 15.6. The number of rotatable bonds is 3. The molecule has 0 saturated carbocycles. The van der Waals surface area contributed by atoms with E-state index in [1.54, 1.807) is 18.3 Å². The molecule has 1 aliphatic rings. The highest BCUT2D eigenvalue weighted by Gasteiger charge is 2.43. The average Bonchev–Trinajstić information content (AvgIpc) is 2.91. The van der Waals surface area contributed by atoms with E-state index in [1.807, 2.05) is 24.8 Å². The molecule has 2 heterocycles. The summed E-state index contributed by atoms with van der Waals surface area (Å²) < 4.78 is 13.3. The highest BCUT2D eigenvalue weighted by Crippen LogP contribution is 2.37. The highest BCUT2D eigenvalue weighted by molar-refractivity contribution is 5.80. The van der Waals surface area contributed by atoms with Gasteiger partial charge in [0.05, 0.1) is 12.0 Å². The zero-order valence-electron chi connectivity index (χ0n) is 13.4. The molecule has 1 fully saturated rings. The Balaban J connectivity index is 1.84. The van der Waals surface area contributed by atoms with Gasteiger partial charge in [-0.3, -0.25) is 4.79 Å². The minimum absolute atomic E-state index is 0.0132. The lowest BCUT2D eigenvalue weighted by Crippen LogP contribution is -2.44. The molecule has 1 saturated heterocycles. The fraction of sp³-hybridized carbons (Fsp3) is 0.389. The Kier molecular flexibility index (Phi) is 4.11. The van der Waals surface area contributed by atoms with Crippen LogP contribution in [0.2, 0.25) is 0 Å². The maximum absolute atomic E-state index is 13.3. The van der Waals surface area contributed by atoms with Gasteiger partial charge in [-0.05, 0) is 50.5 Å². The fourth-order valence-electron chi connectivity index (χ4n) is 3.22. The molecule has 0 radical (unpaired) electrons. The van der Waals surface area contributed by atoms with Crippen molar-refractivity contribution in [2.45, 2.75) is 38.6 Å². The summed E-state index contributed by atoms with van der Waals surface area (Å²) in [5.74, 6) is 0.352. The number of likely N-dealkylation sites (tertiary alicyclic amines) is 1. The zero-order valence-corrected chi connectivity index (χ0v) is 13.4. The van der Waals surface area contributed by atoms with E-state index >= 15 is 0 Å². The Morgan fingerprint density at radius 2 is 2.22 bits per heavy atom. The van der Waals surface area contributed by atoms with Gasteiger partial charge in [-0.2, -0.15) is 0 Å². The third-order valence-electron chi connectivity index (χ3n) is 4.46. The molecule has 0 aliphatic carbocycles. The molecule has 23 heavy (non-hydrogen) atoms. The van der Waals surface area contributed by atoms with Crippen molar-refractivity contribution in [3.05, 3.63) is 59.4 Å². The average molecular weight is 313 g/mol. The molecule has 120 valence electrons. The summed E-state index contributed by atoms with van der Waals surface area (Å²) in [6.07, 6.45) is 3.68. The number of amides is 1. The van der Waals surface area contributed by atoms with Crippen molar-refractivity contribution in [1.82, 2.24) is 14.9 Å². The summed E-state index contributed by atoms with van der Waals surface area (Å²) in [5, 5.41) is 0. The van der Waals surface area contributed by atoms with Crippen molar-refractivity contribution in [1.29, 1.82) is 0 Å². The number of nitrogens with zero attached hydrogens (tertiary/aromatic N) is 3. The molecule has 4 nitrogen and oxygen atoms in total. The van der Waals surface area contributed by atoms with Gasteiger partial charge < -0.3 is 4.90 Å². The first-order valence-corrected chi connectivity index (χ1v) is 7.84. The van der Waals surface area contributed by atoms with Crippen LogP contribution in [0.15, 0.2) is 36.5 Å². The fourth-order valence-corrected chi connectivity index (χ4v) is 3.22. The first-order chi connectivity index (χ1) is 11.0. The van der Waals surface area contributed by atoms with E-state index in [2.05, 4.69) is 9.97 Å². The monoisotopic (exact) mass is 313 g/mol. The summed E-state index contributed by atoms with van der Waals surface area (Å²) >= 11 is 0. The van der Waals surface area contributed by atoms with E-state index in [4.69, 9.17) is 0 Å². The molecule has 0 N–H and O–H groups in total. The van der Waals surface area contributed by atoms with Crippen LogP contribution in [0.1, 0.15) is 36.8 Å². The third kappa shape index (κ3) is 3.09. The van der Waals surface area contributed by atoms with Gasteiger partial charge in [0.1, 0.15) is 5.82 Å². The number of carbonyl (C=O) groups is 1. The maximum atomic E-state index is 13.3. The largest absolute Gasteiger partial charge is 0.330 e.